The Bertz CT molecular complexity index is 893. The van der Waals surface area contributed by atoms with Crippen LogP contribution in [0.3, 0.4) is 0 Å². The van der Waals surface area contributed by atoms with Gasteiger partial charge in [0.05, 0.1) is 10.6 Å². The quantitative estimate of drug-likeness (QED) is 0.859. The van der Waals surface area contributed by atoms with Crippen LogP contribution in [-0.4, -0.2) is 20.1 Å². The van der Waals surface area contributed by atoms with E-state index in [0.29, 0.717) is 11.4 Å². The lowest BCUT2D eigenvalue weighted by molar-refractivity contribution is -0.118. The van der Waals surface area contributed by atoms with Gasteiger partial charge in [-0.05, 0) is 30.7 Å². The molecule has 5 nitrogen and oxygen atoms in total. The fourth-order valence-corrected chi connectivity index (χ4v) is 4.47. The topological polar surface area (TPSA) is 75.3 Å². The molecule has 0 radical (unpaired) electrons. The zero-order chi connectivity index (χ0) is 18.0. The molecule has 1 amide bonds. The highest BCUT2D eigenvalue weighted by molar-refractivity contribution is 7.99. The zero-order valence-corrected chi connectivity index (χ0v) is 15.7. The molecule has 1 aliphatic heterocycles. The second kappa shape index (κ2) is 7.19. The van der Waals surface area contributed by atoms with E-state index < -0.39 is 10.0 Å². The molecular weight excluding hydrogens is 356 g/mol. The van der Waals surface area contributed by atoms with Crippen molar-refractivity contribution in [3.8, 4) is 0 Å². The molecule has 0 spiro atoms. The van der Waals surface area contributed by atoms with Gasteiger partial charge in [-0.25, -0.2) is 13.1 Å². The second-order valence-electron chi connectivity index (χ2n) is 6.17. The van der Waals surface area contributed by atoms with E-state index in [9.17, 15) is 13.2 Å². The Hall–Kier alpha value is -1.83. The summed E-state index contributed by atoms with van der Waals surface area (Å²) in [5, 5.41) is 2.81. The van der Waals surface area contributed by atoms with Crippen LogP contribution in [0, 0.1) is 12.8 Å². The molecule has 0 aromatic heterocycles. The van der Waals surface area contributed by atoms with E-state index >= 15 is 0 Å². The highest BCUT2D eigenvalue weighted by atomic mass is 32.2. The van der Waals surface area contributed by atoms with Crippen LogP contribution in [0.1, 0.15) is 18.1 Å². The first kappa shape index (κ1) is 18.0. The first-order valence-electron chi connectivity index (χ1n) is 7.98. The van der Waals surface area contributed by atoms with E-state index in [-0.39, 0.29) is 23.3 Å². The van der Waals surface area contributed by atoms with Gasteiger partial charge in [0, 0.05) is 23.1 Å². The summed E-state index contributed by atoms with van der Waals surface area (Å²) in [6.07, 6.45) is 0. The van der Waals surface area contributed by atoms with Crippen molar-refractivity contribution < 1.29 is 13.2 Å². The lowest BCUT2D eigenvalue weighted by atomic mass is 10.2. The fourth-order valence-electron chi connectivity index (χ4n) is 2.41. The van der Waals surface area contributed by atoms with Gasteiger partial charge in [-0.1, -0.05) is 36.8 Å². The van der Waals surface area contributed by atoms with Crippen LogP contribution in [0.25, 0.3) is 0 Å². The van der Waals surface area contributed by atoms with Crippen molar-refractivity contribution in [1.29, 1.82) is 0 Å². The highest BCUT2D eigenvalue weighted by Gasteiger charge is 2.22. The Morgan fingerprint density at radius 3 is 2.64 bits per heavy atom. The third-order valence-corrected chi connectivity index (χ3v) is 6.78. The molecule has 25 heavy (non-hydrogen) atoms. The van der Waals surface area contributed by atoms with E-state index in [1.807, 2.05) is 38.1 Å². The van der Waals surface area contributed by atoms with Crippen LogP contribution in [0.15, 0.2) is 52.3 Å². The number of carbonyl (C=O) groups excluding carboxylic acids is 1. The summed E-state index contributed by atoms with van der Waals surface area (Å²) in [6, 6.07) is 12.5. The molecule has 3 rings (SSSR count). The highest BCUT2D eigenvalue weighted by Crippen LogP contribution is 2.34. The van der Waals surface area contributed by atoms with Crippen molar-refractivity contribution in [1.82, 2.24) is 4.72 Å². The third kappa shape index (κ3) is 4.23. The smallest absolute Gasteiger partial charge is 0.240 e. The minimum Gasteiger partial charge on any atom is -0.325 e. The van der Waals surface area contributed by atoms with Crippen LogP contribution in [0.2, 0.25) is 0 Å². The van der Waals surface area contributed by atoms with Gasteiger partial charge >= 0.3 is 0 Å². The molecule has 2 aromatic carbocycles. The average Bonchev–Trinajstić information content (AvgIpc) is 2.73. The standard InChI is InChI=1S/C18H20N2O3S2/c1-12-3-5-14(6-4-12)10-19-25(22,23)15-7-8-17-16(9-15)20-18(21)13(2)11-24-17/h3-9,13,19H,10-11H2,1-2H3,(H,20,21)/t13-/m0/s1. The van der Waals surface area contributed by atoms with Crippen LogP contribution in [0.4, 0.5) is 5.69 Å². The van der Waals surface area contributed by atoms with Crippen LogP contribution in [0.5, 0.6) is 0 Å². The molecule has 0 bridgehead atoms. The maximum absolute atomic E-state index is 12.6. The van der Waals surface area contributed by atoms with E-state index in [1.165, 1.54) is 6.07 Å². The maximum Gasteiger partial charge on any atom is 0.240 e. The van der Waals surface area contributed by atoms with Gasteiger partial charge in [0.15, 0.2) is 0 Å². The minimum absolute atomic E-state index is 0.0894. The molecule has 0 aliphatic carbocycles. The summed E-state index contributed by atoms with van der Waals surface area (Å²) in [5.74, 6) is 0.474. The number of benzene rings is 2. The number of carbonyl (C=O) groups is 1. The maximum atomic E-state index is 12.6. The molecular formula is C18H20N2O3S2. The number of aryl methyl sites for hydroxylation is 1. The molecule has 1 aliphatic rings. The fraction of sp³-hybridized carbons (Fsp3) is 0.278. The Morgan fingerprint density at radius 2 is 1.92 bits per heavy atom. The predicted octanol–water partition coefficient (Wildman–Crippen LogP) is 3.15. The molecule has 0 saturated carbocycles. The molecule has 1 atom stereocenters. The summed E-state index contributed by atoms with van der Waals surface area (Å²) >= 11 is 1.55. The Labute approximate surface area is 152 Å². The van der Waals surface area contributed by atoms with Crippen molar-refractivity contribution in [2.45, 2.75) is 30.2 Å². The summed E-state index contributed by atoms with van der Waals surface area (Å²) in [4.78, 5) is 13.0. The molecule has 7 heteroatoms. The van der Waals surface area contributed by atoms with E-state index in [2.05, 4.69) is 10.0 Å². The Balaban J connectivity index is 1.79. The molecule has 0 unspecified atom stereocenters. The van der Waals surface area contributed by atoms with Gasteiger partial charge in [-0.2, -0.15) is 0 Å². The number of hydrogen-bond acceptors (Lipinski definition) is 4. The molecule has 0 saturated heterocycles. The largest absolute Gasteiger partial charge is 0.325 e. The van der Waals surface area contributed by atoms with Crippen molar-refractivity contribution in [3.63, 3.8) is 0 Å². The summed E-state index contributed by atoms with van der Waals surface area (Å²) in [6.45, 7) is 4.06. The lowest BCUT2D eigenvalue weighted by Gasteiger charge is -2.11. The number of anilines is 1. The molecule has 0 fully saturated rings. The average molecular weight is 377 g/mol. The van der Waals surface area contributed by atoms with Gasteiger partial charge in [-0.3, -0.25) is 4.79 Å². The minimum atomic E-state index is -3.66. The number of nitrogens with one attached hydrogen (secondary N) is 2. The van der Waals surface area contributed by atoms with Crippen LogP contribution in [-0.2, 0) is 21.4 Å². The van der Waals surface area contributed by atoms with Crippen molar-refractivity contribution in [3.05, 3.63) is 53.6 Å². The summed E-state index contributed by atoms with van der Waals surface area (Å²) in [7, 11) is -3.66. The predicted molar refractivity (Wildman–Crippen MR) is 100 cm³/mol. The SMILES string of the molecule is Cc1ccc(CNS(=O)(=O)c2ccc3c(c2)NC(=O)[C@@H](C)CS3)cc1. The number of amides is 1. The number of rotatable bonds is 4. The number of fused-ring (bicyclic) bond motifs is 1. The van der Waals surface area contributed by atoms with Crippen molar-refractivity contribution in [2.24, 2.45) is 5.92 Å². The van der Waals surface area contributed by atoms with Crippen molar-refractivity contribution >= 4 is 33.4 Å². The number of thioether (sulfide) groups is 1. The van der Waals surface area contributed by atoms with E-state index in [1.54, 1.807) is 23.9 Å². The summed E-state index contributed by atoms with van der Waals surface area (Å²) < 4.78 is 27.7. The first-order chi connectivity index (χ1) is 11.8. The normalized spacial score (nSPS) is 17.5. The van der Waals surface area contributed by atoms with Crippen molar-refractivity contribution in [2.75, 3.05) is 11.1 Å². The lowest BCUT2D eigenvalue weighted by Crippen LogP contribution is -2.24. The molecule has 2 N–H and O–H groups in total. The van der Waals surface area contributed by atoms with Gasteiger partial charge in [0.1, 0.15) is 0 Å². The zero-order valence-electron chi connectivity index (χ0n) is 14.1. The molecule has 132 valence electrons. The molecule has 1 heterocycles. The van der Waals surface area contributed by atoms with Crippen LogP contribution < -0.4 is 10.0 Å². The van der Waals surface area contributed by atoms with Gasteiger partial charge in [0.25, 0.3) is 0 Å². The van der Waals surface area contributed by atoms with Gasteiger partial charge in [-0.15, -0.1) is 11.8 Å². The van der Waals surface area contributed by atoms with Gasteiger partial charge < -0.3 is 5.32 Å². The van der Waals surface area contributed by atoms with E-state index in [4.69, 9.17) is 0 Å². The molecule has 2 aromatic rings. The Morgan fingerprint density at radius 1 is 1.20 bits per heavy atom. The number of hydrogen-bond donors (Lipinski definition) is 2. The van der Waals surface area contributed by atoms with Gasteiger partial charge in [0.2, 0.25) is 15.9 Å². The number of sulfonamides is 1. The second-order valence-corrected chi connectivity index (χ2v) is 9.00. The Kier molecular flexibility index (Phi) is 5.17. The van der Waals surface area contributed by atoms with E-state index in [0.717, 1.165) is 16.0 Å². The summed E-state index contributed by atoms with van der Waals surface area (Å²) in [5.41, 5.74) is 2.57. The first-order valence-corrected chi connectivity index (χ1v) is 10.4. The third-order valence-electron chi connectivity index (χ3n) is 4.04. The monoisotopic (exact) mass is 376 g/mol. The van der Waals surface area contributed by atoms with Crippen LogP contribution >= 0.6 is 11.8 Å².